The van der Waals surface area contributed by atoms with Crippen molar-refractivity contribution in [3.8, 4) is 0 Å². The minimum absolute atomic E-state index is 0.247. The molecule has 0 saturated carbocycles. The van der Waals surface area contributed by atoms with Crippen molar-refractivity contribution in [3.05, 3.63) is 35.9 Å². The third-order valence-corrected chi connectivity index (χ3v) is 5.26. The van der Waals surface area contributed by atoms with Crippen LogP contribution in [-0.4, -0.2) is 32.4 Å². The Morgan fingerprint density at radius 1 is 1.10 bits per heavy atom. The molecule has 3 N–H and O–H groups in total. The fourth-order valence-corrected chi connectivity index (χ4v) is 3.95. The van der Waals surface area contributed by atoms with E-state index in [1.54, 1.807) is 4.31 Å². The van der Waals surface area contributed by atoms with Crippen LogP contribution in [0, 0.1) is 0 Å². The van der Waals surface area contributed by atoms with Crippen LogP contribution in [-0.2, 0) is 10.2 Å². The highest BCUT2D eigenvalue weighted by molar-refractivity contribution is 7.87. The summed E-state index contributed by atoms with van der Waals surface area (Å²) in [5, 5.41) is 0. The van der Waals surface area contributed by atoms with Gasteiger partial charge < -0.3 is 5.73 Å². The maximum atomic E-state index is 12.4. The van der Waals surface area contributed by atoms with Crippen LogP contribution < -0.4 is 10.5 Å². The molecule has 6 heteroatoms. The van der Waals surface area contributed by atoms with E-state index < -0.39 is 10.2 Å². The number of nitrogens with one attached hydrogen (secondary N) is 1. The quantitative estimate of drug-likeness (QED) is 0.862. The van der Waals surface area contributed by atoms with Crippen LogP contribution >= 0.6 is 0 Å². The second-order valence-electron chi connectivity index (χ2n) is 5.14. The molecule has 0 aliphatic carbocycles. The summed E-state index contributed by atoms with van der Waals surface area (Å²) >= 11 is 0. The predicted molar refractivity (Wildman–Crippen MR) is 80.3 cm³/mol. The summed E-state index contributed by atoms with van der Waals surface area (Å²) in [5.41, 5.74) is 6.62. The fraction of sp³-hybridized carbons (Fsp3) is 0.571. The van der Waals surface area contributed by atoms with Gasteiger partial charge >= 0.3 is 0 Å². The van der Waals surface area contributed by atoms with Gasteiger partial charge in [0.2, 0.25) is 0 Å². The zero-order valence-corrected chi connectivity index (χ0v) is 12.5. The van der Waals surface area contributed by atoms with E-state index in [9.17, 15) is 8.42 Å². The lowest BCUT2D eigenvalue weighted by Crippen LogP contribution is -2.44. The number of nitrogens with zero attached hydrogens (tertiary/aromatic N) is 1. The molecule has 1 saturated heterocycles. The molecule has 1 fully saturated rings. The number of hydrogen-bond acceptors (Lipinski definition) is 3. The van der Waals surface area contributed by atoms with Gasteiger partial charge in [0.05, 0.1) is 6.04 Å². The van der Waals surface area contributed by atoms with E-state index in [4.69, 9.17) is 5.73 Å². The highest BCUT2D eigenvalue weighted by atomic mass is 32.2. The zero-order chi connectivity index (χ0) is 14.4. The fourth-order valence-electron chi connectivity index (χ4n) is 2.47. The van der Waals surface area contributed by atoms with Crippen molar-refractivity contribution in [2.75, 3.05) is 19.6 Å². The minimum atomic E-state index is -3.46. The number of rotatable bonds is 5. The average Bonchev–Trinajstić information content (AvgIpc) is 2.75. The predicted octanol–water partition coefficient (Wildman–Crippen LogP) is 1.40. The van der Waals surface area contributed by atoms with Crippen LogP contribution in [0.15, 0.2) is 30.3 Å². The van der Waals surface area contributed by atoms with Gasteiger partial charge in [0.1, 0.15) is 0 Å². The molecule has 112 valence electrons. The van der Waals surface area contributed by atoms with Crippen molar-refractivity contribution in [2.24, 2.45) is 5.73 Å². The number of benzene rings is 1. The van der Waals surface area contributed by atoms with E-state index in [0.29, 0.717) is 13.1 Å². The van der Waals surface area contributed by atoms with E-state index in [0.717, 1.165) is 31.2 Å². The number of nitrogens with two attached hydrogens (primary N) is 1. The van der Waals surface area contributed by atoms with Crippen LogP contribution in [0.5, 0.6) is 0 Å². The molecule has 0 radical (unpaired) electrons. The first-order valence-electron chi connectivity index (χ1n) is 7.16. The van der Waals surface area contributed by atoms with Gasteiger partial charge in [-0.15, -0.1) is 0 Å². The number of hydrogen-bond donors (Lipinski definition) is 2. The van der Waals surface area contributed by atoms with Crippen LogP contribution in [0.25, 0.3) is 0 Å². The summed E-state index contributed by atoms with van der Waals surface area (Å²) < 4.78 is 29.2. The second-order valence-corrected chi connectivity index (χ2v) is 6.84. The van der Waals surface area contributed by atoms with Crippen LogP contribution in [0.3, 0.4) is 0 Å². The van der Waals surface area contributed by atoms with E-state index in [-0.39, 0.29) is 12.6 Å². The van der Waals surface area contributed by atoms with Crippen molar-refractivity contribution >= 4 is 10.2 Å². The molecule has 1 heterocycles. The third kappa shape index (κ3) is 4.02. The Morgan fingerprint density at radius 3 is 2.25 bits per heavy atom. The van der Waals surface area contributed by atoms with Crippen molar-refractivity contribution in [1.29, 1.82) is 0 Å². The standard InChI is InChI=1S/C14H23N3O2S/c15-12-14(13-8-4-3-5-9-13)16-20(18,19)17-10-6-1-2-7-11-17/h3-5,8-9,14,16H,1-2,6-7,10-12,15H2. The molecule has 1 aromatic rings. The highest BCUT2D eigenvalue weighted by Crippen LogP contribution is 2.16. The largest absolute Gasteiger partial charge is 0.329 e. The lowest BCUT2D eigenvalue weighted by molar-refractivity contribution is 0.408. The molecular formula is C14H23N3O2S. The van der Waals surface area contributed by atoms with Crippen LogP contribution in [0.4, 0.5) is 0 Å². The molecule has 1 unspecified atom stereocenters. The SMILES string of the molecule is NCC(NS(=O)(=O)N1CCCCCC1)c1ccccc1. The summed E-state index contributed by atoms with van der Waals surface area (Å²) in [6, 6.07) is 9.09. The second kappa shape index (κ2) is 7.17. The zero-order valence-electron chi connectivity index (χ0n) is 11.7. The van der Waals surface area contributed by atoms with Crippen LogP contribution in [0.1, 0.15) is 37.3 Å². The summed E-state index contributed by atoms with van der Waals surface area (Å²) in [6.45, 7) is 1.44. The lowest BCUT2D eigenvalue weighted by atomic mass is 10.1. The van der Waals surface area contributed by atoms with Crippen molar-refractivity contribution in [1.82, 2.24) is 9.03 Å². The van der Waals surface area contributed by atoms with Gasteiger partial charge in [-0.25, -0.2) is 0 Å². The van der Waals surface area contributed by atoms with Crippen molar-refractivity contribution in [3.63, 3.8) is 0 Å². The minimum Gasteiger partial charge on any atom is -0.329 e. The monoisotopic (exact) mass is 297 g/mol. The molecule has 0 amide bonds. The molecule has 1 aliphatic rings. The molecule has 0 aromatic heterocycles. The summed E-state index contributed by atoms with van der Waals surface area (Å²) in [7, 11) is -3.46. The molecule has 2 rings (SSSR count). The summed E-state index contributed by atoms with van der Waals surface area (Å²) in [4.78, 5) is 0. The van der Waals surface area contributed by atoms with Gasteiger partial charge in [-0.2, -0.15) is 17.4 Å². The normalized spacial score (nSPS) is 19.4. The van der Waals surface area contributed by atoms with Gasteiger partial charge in [0.25, 0.3) is 10.2 Å². The molecule has 1 atom stereocenters. The smallest absolute Gasteiger partial charge is 0.280 e. The Bertz CT molecular complexity index is 496. The Labute approximate surface area is 121 Å². The van der Waals surface area contributed by atoms with Crippen LogP contribution in [0.2, 0.25) is 0 Å². The van der Waals surface area contributed by atoms with E-state index in [1.807, 2.05) is 30.3 Å². The average molecular weight is 297 g/mol. The molecule has 20 heavy (non-hydrogen) atoms. The van der Waals surface area contributed by atoms with Gasteiger partial charge in [-0.1, -0.05) is 43.2 Å². The van der Waals surface area contributed by atoms with Gasteiger partial charge in [0, 0.05) is 19.6 Å². The Morgan fingerprint density at radius 2 is 1.70 bits per heavy atom. The highest BCUT2D eigenvalue weighted by Gasteiger charge is 2.26. The third-order valence-electron chi connectivity index (χ3n) is 3.63. The molecule has 0 bridgehead atoms. The van der Waals surface area contributed by atoms with E-state index >= 15 is 0 Å². The molecule has 1 aliphatic heterocycles. The lowest BCUT2D eigenvalue weighted by Gasteiger charge is -2.24. The van der Waals surface area contributed by atoms with E-state index in [1.165, 1.54) is 0 Å². The first kappa shape index (κ1) is 15.4. The Kier molecular flexibility index (Phi) is 5.54. The molecule has 1 aromatic carbocycles. The summed E-state index contributed by atoms with van der Waals surface area (Å²) in [5.74, 6) is 0. The van der Waals surface area contributed by atoms with Gasteiger partial charge in [0.15, 0.2) is 0 Å². The molecule has 0 spiro atoms. The van der Waals surface area contributed by atoms with Crippen molar-refractivity contribution < 1.29 is 8.42 Å². The first-order chi connectivity index (χ1) is 9.63. The van der Waals surface area contributed by atoms with E-state index in [2.05, 4.69) is 4.72 Å². The van der Waals surface area contributed by atoms with Gasteiger partial charge in [-0.3, -0.25) is 0 Å². The first-order valence-corrected chi connectivity index (χ1v) is 8.60. The maximum absolute atomic E-state index is 12.4. The topological polar surface area (TPSA) is 75.4 Å². The molecular weight excluding hydrogens is 274 g/mol. The molecule has 5 nitrogen and oxygen atoms in total. The van der Waals surface area contributed by atoms with Gasteiger partial charge in [-0.05, 0) is 18.4 Å². The maximum Gasteiger partial charge on any atom is 0.280 e. The summed E-state index contributed by atoms with van der Waals surface area (Å²) in [6.07, 6.45) is 4.06. The Balaban J connectivity index is 2.09. The Hall–Kier alpha value is -0.950. The van der Waals surface area contributed by atoms with Crippen molar-refractivity contribution in [2.45, 2.75) is 31.7 Å².